The van der Waals surface area contributed by atoms with Crippen LogP contribution < -0.4 is 10.1 Å². The van der Waals surface area contributed by atoms with E-state index in [4.69, 9.17) is 21.1 Å². The summed E-state index contributed by atoms with van der Waals surface area (Å²) in [5.74, 6) is 1.69. The molecule has 1 unspecified atom stereocenters. The van der Waals surface area contributed by atoms with Crippen molar-refractivity contribution in [1.29, 1.82) is 0 Å². The molecular weight excluding hydrogens is 610 g/mol. The van der Waals surface area contributed by atoms with E-state index in [1.54, 1.807) is 12.1 Å². The SMILES string of the molecule is CC1CC(=O)N(Cc2ccc(C(=O)NC3CCN(C4CCOCC4)CC3)cc2Oc2ccc(-c3nnc(C(C)C)s3)c(Cl)c2)C1. The highest BCUT2D eigenvalue weighted by Gasteiger charge is 2.29. The molecule has 1 atom stereocenters. The van der Waals surface area contributed by atoms with Gasteiger partial charge in [0.25, 0.3) is 5.91 Å². The number of ether oxygens (including phenoxy) is 2. The summed E-state index contributed by atoms with van der Waals surface area (Å²) in [6.07, 6.45) is 4.58. The van der Waals surface area contributed by atoms with Crippen molar-refractivity contribution in [2.75, 3.05) is 32.8 Å². The fourth-order valence-corrected chi connectivity index (χ4v) is 7.62. The largest absolute Gasteiger partial charge is 0.457 e. The molecule has 2 aromatic carbocycles. The maximum Gasteiger partial charge on any atom is 0.251 e. The molecule has 3 aromatic rings. The highest BCUT2D eigenvalue weighted by Crippen LogP contribution is 2.37. The molecule has 0 radical (unpaired) electrons. The maximum atomic E-state index is 13.5. The monoisotopic (exact) mass is 651 g/mol. The first-order chi connectivity index (χ1) is 21.7. The van der Waals surface area contributed by atoms with Crippen molar-refractivity contribution >= 4 is 34.8 Å². The number of amides is 2. The lowest BCUT2D eigenvalue weighted by Crippen LogP contribution is -2.49. The molecule has 240 valence electrons. The molecule has 3 aliphatic heterocycles. The number of halogens is 1. The average molecular weight is 652 g/mol. The van der Waals surface area contributed by atoms with Crippen LogP contribution in [0, 0.1) is 5.92 Å². The number of nitrogens with one attached hydrogen (secondary N) is 1. The van der Waals surface area contributed by atoms with Gasteiger partial charge in [0.05, 0.1) is 5.02 Å². The predicted molar refractivity (Wildman–Crippen MR) is 176 cm³/mol. The van der Waals surface area contributed by atoms with Gasteiger partial charge in [0.1, 0.15) is 21.5 Å². The van der Waals surface area contributed by atoms with E-state index in [0.29, 0.717) is 53.6 Å². The highest BCUT2D eigenvalue weighted by molar-refractivity contribution is 7.14. The molecule has 1 N–H and O–H groups in total. The number of benzene rings is 2. The standard InChI is InChI=1S/C34H42ClN5O4S/c1-21(2)33-37-38-34(45-33)28-7-6-27(18-29(28)35)44-30-17-23(4-5-24(30)20-40-19-22(3)16-31(40)41)32(42)36-25-8-12-39(13-9-25)26-10-14-43-15-11-26/h4-7,17-18,21-22,25-26H,8-16,19-20H2,1-3H3,(H,36,42). The van der Waals surface area contributed by atoms with E-state index in [1.165, 1.54) is 11.3 Å². The minimum atomic E-state index is -0.118. The zero-order chi connectivity index (χ0) is 31.5. The molecule has 6 rings (SSSR count). The number of carbonyl (C=O) groups is 2. The van der Waals surface area contributed by atoms with E-state index in [1.807, 2.05) is 29.2 Å². The van der Waals surface area contributed by atoms with Crippen LogP contribution >= 0.6 is 22.9 Å². The molecule has 3 aliphatic rings. The number of likely N-dealkylation sites (tertiary alicyclic amines) is 2. The Morgan fingerprint density at radius 3 is 2.56 bits per heavy atom. The normalized spacial score (nSPS) is 20.2. The second kappa shape index (κ2) is 14.2. The number of rotatable bonds is 9. The predicted octanol–water partition coefficient (Wildman–Crippen LogP) is 6.52. The van der Waals surface area contributed by atoms with Crippen LogP contribution in [0.2, 0.25) is 5.02 Å². The summed E-state index contributed by atoms with van der Waals surface area (Å²) in [5.41, 5.74) is 2.16. The average Bonchev–Trinajstić information content (AvgIpc) is 3.65. The summed E-state index contributed by atoms with van der Waals surface area (Å²) < 4.78 is 11.9. The summed E-state index contributed by atoms with van der Waals surface area (Å²) in [7, 11) is 0. The van der Waals surface area contributed by atoms with Gasteiger partial charge < -0.3 is 24.6 Å². The lowest BCUT2D eigenvalue weighted by Gasteiger charge is -2.39. The lowest BCUT2D eigenvalue weighted by molar-refractivity contribution is -0.128. The molecule has 0 saturated carbocycles. The fourth-order valence-electron chi connectivity index (χ4n) is 6.41. The number of hydrogen-bond acceptors (Lipinski definition) is 8. The molecule has 4 heterocycles. The van der Waals surface area contributed by atoms with E-state index in [9.17, 15) is 9.59 Å². The first kappa shape index (κ1) is 31.9. The van der Waals surface area contributed by atoms with E-state index < -0.39 is 0 Å². The summed E-state index contributed by atoms with van der Waals surface area (Å²) in [6.45, 7) is 11.0. The summed E-state index contributed by atoms with van der Waals surface area (Å²) >= 11 is 8.24. The van der Waals surface area contributed by atoms with Crippen molar-refractivity contribution in [3.05, 3.63) is 57.6 Å². The molecule has 11 heteroatoms. The third kappa shape index (κ3) is 7.68. The van der Waals surface area contributed by atoms with Gasteiger partial charge >= 0.3 is 0 Å². The molecule has 1 aromatic heterocycles. The van der Waals surface area contributed by atoms with Gasteiger partial charge in [0, 0.05) is 86.6 Å². The lowest BCUT2D eigenvalue weighted by atomic mass is 9.99. The van der Waals surface area contributed by atoms with Gasteiger partial charge in [0.2, 0.25) is 5.91 Å². The Hall–Kier alpha value is -3.05. The van der Waals surface area contributed by atoms with Crippen molar-refractivity contribution in [1.82, 2.24) is 25.3 Å². The fraction of sp³-hybridized carbons (Fsp3) is 0.529. The Labute approximate surface area is 274 Å². The molecule has 0 spiro atoms. The Morgan fingerprint density at radius 1 is 1.11 bits per heavy atom. The van der Waals surface area contributed by atoms with Crippen LogP contribution in [0.1, 0.15) is 79.7 Å². The van der Waals surface area contributed by atoms with Gasteiger partial charge in [-0.2, -0.15) is 0 Å². The molecular formula is C34H42ClN5O4S. The first-order valence-corrected chi connectivity index (χ1v) is 17.3. The Kier molecular flexibility index (Phi) is 10.0. The van der Waals surface area contributed by atoms with Crippen LogP contribution in [0.3, 0.4) is 0 Å². The molecule has 2 amide bonds. The zero-order valence-corrected chi connectivity index (χ0v) is 27.8. The van der Waals surface area contributed by atoms with Crippen molar-refractivity contribution in [3.63, 3.8) is 0 Å². The molecule has 3 saturated heterocycles. The van der Waals surface area contributed by atoms with Gasteiger partial charge in [-0.3, -0.25) is 9.59 Å². The van der Waals surface area contributed by atoms with Crippen LogP contribution in [0.5, 0.6) is 11.5 Å². The maximum absolute atomic E-state index is 13.5. The van der Waals surface area contributed by atoms with E-state index in [2.05, 4.69) is 41.2 Å². The number of piperidine rings is 1. The van der Waals surface area contributed by atoms with Gasteiger partial charge in [-0.05, 0) is 55.9 Å². The zero-order valence-electron chi connectivity index (χ0n) is 26.3. The van der Waals surface area contributed by atoms with Crippen LogP contribution in [0.25, 0.3) is 10.6 Å². The number of nitrogens with zero attached hydrogens (tertiary/aromatic N) is 4. The first-order valence-electron chi connectivity index (χ1n) is 16.1. The molecule has 0 bridgehead atoms. The Balaban J connectivity index is 1.18. The second-order valence-corrected chi connectivity index (χ2v) is 14.3. The number of carbonyl (C=O) groups excluding carboxylic acids is 2. The molecule has 45 heavy (non-hydrogen) atoms. The van der Waals surface area contributed by atoms with Gasteiger partial charge in [-0.15, -0.1) is 10.2 Å². The summed E-state index contributed by atoms with van der Waals surface area (Å²) in [5, 5.41) is 14.1. The van der Waals surface area contributed by atoms with Crippen molar-refractivity contribution in [2.45, 2.75) is 77.4 Å². The minimum Gasteiger partial charge on any atom is -0.457 e. The van der Waals surface area contributed by atoms with Gasteiger partial charge in [-0.1, -0.05) is 49.8 Å². The third-order valence-electron chi connectivity index (χ3n) is 9.00. The van der Waals surface area contributed by atoms with Crippen LogP contribution in [-0.2, 0) is 16.1 Å². The Bertz CT molecular complexity index is 1520. The molecule has 0 aliphatic carbocycles. The Morgan fingerprint density at radius 2 is 1.89 bits per heavy atom. The van der Waals surface area contributed by atoms with Crippen LogP contribution in [0.4, 0.5) is 0 Å². The number of aromatic nitrogens is 2. The van der Waals surface area contributed by atoms with Gasteiger partial charge in [0.15, 0.2) is 0 Å². The molecule has 3 fully saturated rings. The summed E-state index contributed by atoms with van der Waals surface area (Å²) in [4.78, 5) is 30.5. The smallest absolute Gasteiger partial charge is 0.251 e. The highest BCUT2D eigenvalue weighted by atomic mass is 35.5. The van der Waals surface area contributed by atoms with E-state index in [-0.39, 0.29) is 23.8 Å². The quantitative estimate of drug-likeness (QED) is 0.282. The van der Waals surface area contributed by atoms with Crippen LogP contribution in [0.15, 0.2) is 36.4 Å². The van der Waals surface area contributed by atoms with Crippen molar-refractivity contribution in [2.24, 2.45) is 5.92 Å². The topological polar surface area (TPSA) is 96.9 Å². The summed E-state index contributed by atoms with van der Waals surface area (Å²) in [6, 6.07) is 11.7. The van der Waals surface area contributed by atoms with E-state index in [0.717, 1.165) is 73.1 Å². The van der Waals surface area contributed by atoms with Crippen molar-refractivity contribution in [3.8, 4) is 22.1 Å². The van der Waals surface area contributed by atoms with Crippen LogP contribution in [-0.4, -0.2) is 76.7 Å². The van der Waals surface area contributed by atoms with Crippen molar-refractivity contribution < 1.29 is 19.1 Å². The minimum absolute atomic E-state index is 0.118. The number of hydrogen-bond donors (Lipinski definition) is 1. The van der Waals surface area contributed by atoms with Gasteiger partial charge in [-0.25, -0.2) is 0 Å². The second-order valence-electron chi connectivity index (χ2n) is 12.9. The van der Waals surface area contributed by atoms with E-state index >= 15 is 0 Å². The third-order valence-corrected chi connectivity index (χ3v) is 10.6. The molecule has 9 nitrogen and oxygen atoms in total.